The average molecular weight is 671 g/mol. The van der Waals surface area contributed by atoms with Crippen LogP contribution in [0.3, 0.4) is 0 Å². The molecule has 216 valence electrons. The summed E-state index contributed by atoms with van der Waals surface area (Å²) in [7, 11) is 0. The Kier molecular flexibility index (Phi) is 15.5. The van der Waals surface area contributed by atoms with Gasteiger partial charge in [-0.1, -0.05) is 146 Å². The van der Waals surface area contributed by atoms with Crippen LogP contribution in [0.2, 0.25) is 0 Å². The van der Waals surface area contributed by atoms with Gasteiger partial charge in [0.25, 0.3) is 0 Å². The Hall–Kier alpha value is -2.04. The number of unbranched alkanes of at least 4 members (excludes halogenated alkanes) is 10. The van der Waals surface area contributed by atoms with Crippen molar-refractivity contribution in [2.45, 2.75) is 90.9 Å². The normalized spacial score (nSPS) is 11.3. The highest BCUT2D eigenvalue weighted by Gasteiger charge is 2.16. The molecule has 0 atom stereocenters. The molecule has 3 aromatic carbocycles. The van der Waals surface area contributed by atoms with Crippen molar-refractivity contribution in [2.75, 3.05) is 13.2 Å². The molecule has 0 amide bonds. The van der Waals surface area contributed by atoms with Gasteiger partial charge >= 0.3 is 0 Å². The van der Waals surface area contributed by atoms with Crippen LogP contribution in [-0.4, -0.2) is 13.2 Å². The first kappa shape index (κ1) is 32.5. The molecule has 0 bridgehead atoms. The van der Waals surface area contributed by atoms with Gasteiger partial charge in [0.15, 0.2) is 0 Å². The Morgan fingerprint density at radius 3 is 1.45 bits per heavy atom. The quantitative estimate of drug-likeness (QED) is 0.118. The van der Waals surface area contributed by atoms with Gasteiger partial charge in [-0.05, 0) is 64.9 Å². The van der Waals surface area contributed by atoms with Crippen LogP contribution < -0.4 is 9.47 Å². The zero-order valence-electron chi connectivity index (χ0n) is 24.4. The van der Waals surface area contributed by atoms with Crippen molar-refractivity contribution in [3.63, 3.8) is 0 Å². The van der Waals surface area contributed by atoms with Gasteiger partial charge in [-0.25, -0.2) is 0 Å². The zero-order chi connectivity index (χ0) is 28.4. The second-order valence-corrected chi connectivity index (χ2v) is 11.9. The Balaban J connectivity index is 1.88. The zero-order valence-corrected chi connectivity index (χ0v) is 27.6. The first-order valence-electron chi connectivity index (χ1n) is 15.2. The molecule has 0 unspecified atom stereocenters. The van der Waals surface area contributed by atoms with E-state index in [-0.39, 0.29) is 0 Å². The number of ether oxygens (including phenoxy) is 2. The molecule has 3 aromatic rings. The number of rotatable bonds is 19. The van der Waals surface area contributed by atoms with Crippen molar-refractivity contribution >= 4 is 37.9 Å². The molecule has 0 aromatic heterocycles. The predicted octanol–water partition coefficient (Wildman–Crippen LogP) is 12.6. The molecule has 4 heteroatoms. The van der Waals surface area contributed by atoms with Crippen LogP contribution in [-0.2, 0) is 0 Å². The Labute approximate surface area is 259 Å². The number of halogens is 2. The molecule has 0 aliphatic rings. The third kappa shape index (κ3) is 11.1. The van der Waals surface area contributed by atoms with E-state index in [2.05, 4.69) is 106 Å². The molecule has 0 saturated heterocycles. The van der Waals surface area contributed by atoms with Crippen LogP contribution in [0.25, 0.3) is 28.3 Å². The molecule has 0 fully saturated rings. The smallest absolute Gasteiger partial charge is 0.128 e. The lowest BCUT2D eigenvalue weighted by molar-refractivity contribution is 0.298. The maximum absolute atomic E-state index is 6.51. The number of hydrogen-bond acceptors (Lipinski definition) is 2. The van der Waals surface area contributed by atoms with Gasteiger partial charge in [-0.15, -0.1) is 0 Å². The van der Waals surface area contributed by atoms with Crippen molar-refractivity contribution in [2.24, 2.45) is 0 Å². The molecule has 0 heterocycles. The van der Waals surface area contributed by atoms with Crippen LogP contribution >= 0.6 is 31.9 Å². The molecule has 0 saturated carbocycles. The van der Waals surface area contributed by atoms with E-state index >= 15 is 0 Å². The monoisotopic (exact) mass is 668 g/mol. The fraction of sp³-hybridized carbons (Fsp3) is 0.444. The summed E-state index contributed by atoms with van der Waals surface area (Å²) >= 11 is 6.98. The predicted molar refractivity (Wildman–Crippen MR) is 181 cm³/mol. The summed E-state index contributed by atoms with van der Waals surface area (Å²) in [6, 6.07) is 21.5. The largest absolute Gasteiger partial charge is 0.493 e. The molecule has 0 aliphatic carbocycles. The van der Waals surface area contributed by atoms with Crippen molar-refractivity contribution < 1.29 is 9.47 Å². The van der Waals surface area contributed by atoms with Crippen LogP contribution in [0.15, 0.2) is 70.1 Å². The van der Waals surface area contributed by atoms with Crippen LogP contribution in [0.4, 0.5) is 0 Å². The molecule has 0 aliphatic heterocycles. The highest BCUT2D eigenvalue weighted by molar-refractivity contribution is 9.11. The van der Waals surface area contributed by atoms with Gasteiger partial charge in [0, 0.05) is 15.6 Å². The molecule has 0 N–H and O–H groups in total. The molecular formula is C36H46Br2O2. The lowest BCUT2D eigenvalue weighted by atomic mass is 9.97. The van der Waals surface area contributed by atoms with Crippen molar-refractivity contribution in [3.05, 3.63) is 75.7 Å². The fourth-order valence-electron chi connectivity index (χ4n) is 4.85. The second-order valence-electron chi connectivity index (χ2n) is 10.5. The Morgan fingerprint density at radius 1 is 0.575 bits per heavy atom. The summed E-state index contributed by atoms with van der Waals surface area (Å²) < 4.78 is 14.1. The minimum atomic E-state index is 0.723. The van der Waals surface area contributed by atoms with E-state index in [0.29, 0.717) is 0 Å². The second kappa shape index (κ2) is 19.1. The Bertz CT molecular complexity index is 1140. The van der Waals surface area contributed by atoms with Crippen molar-refractivity contribution in [1.82, 2.24) is 0 Å². The molecule has 3 rings (SSSR count). The highest BCUT2D eigenvalue weighted by Crippen LogP contribution is 2.41. The Morgan fingerprint density at radius 2 is 1.00 bits per heavy atom. The van der Waals surface area contributed by atoms with Crippen LogP contribution in [0.5, 0.6) is 11.5 Å². The lowest BCUT2D eigenvalue weighted by Gasteiger charge is -2.19. The number of benzene rings is 3. The van der Waals surface area contributed by atoms with E-state index < -0.39 is 0 Å². The first-order chi connectivity index (χ1) is 19.7. The van der Waals surface area contributed by atoms with Gasteiger partial charge in [-0.3, -0.25) is 0 Å². The highest BCUT2D eigenvalue weighted by atomic mass is 79.9. The van der Waals surface area contributed by atoms with Crippen molar-refractivity contribution in [3.8, 4) is 33.8 Å². The maximum Gasteiger partial charge on any atom is 0.128 e. The summed E-state index contributed by atoms with van der Waals surface area (Å²) in [4.78, 5) is 1.89. The van der Waals surface area contributed by atoms with Gasteiger partial charge in [-0.2, -0.15) is 0 Å². The number of hydrogen-bond donors (Lipinski definition) is 0. The van der Waals surface area contributed by atoms with Gasteiger partial charge in [0.2, 0.25) is 0 Å². The maximum atomic E-state index is 6.51. The van der Waals surface area contributed by atoms with Crippen LogP contribution in [0.1, 0.15) is 96.5 Å². The van der Waals surface area contributed by atoms with Gasteiger partial charge in [0.05, 0.1) is 13.2 Å². The minimum absolute atomic E-state index is 0.723. The van der Waals surface area contributed by atoms with E-state index in [9.17, 15) is 0 Å². The average Bonchev–Trinajstić information content (AvgIpc) is 2.97. The summed E-state index contributed by atoms with van der Waals surface area (Å²) in [6.07, 6.45) is 17.0. The van der Waals surface area contributed by atoms with Gasteiger partial charge < -0.3 is 9.47 Å². The third-order valence-corrected chi connectivity index (χ3v) is 8.02. The minimum Gasteiger partial charge on any atom is -0.493 e. The van der Waals surface area contributed by atoms with Crippen LogP contribution in [0, 0.1) is 0 Å². The molecule has 40 heavy (non-hydrogen) atoms. The topological polar surface area (TPSA) is 18.5 Å². The summed E-state index contributed by atoms with van der Waals surface area (Å²) in [5.74, 6) is 1.84. The SMILES string of the molecule is CCCCCCCCOc1cc(-c2ccc(/C=C/Br)cc2)c(OCCCCCCCC)cc1-c1ccc(Br)cc1. The molecular weight excluding hydrogens is 624 g/mol. The standard InChI is InChI=1S/C36H46Br2O2/c1-3-5-7-9-11-13-25-39-35-28-34(31-19-21-32(38)22-20-31)36(40-26-14-12-10-8-6-4-2)27-33(35)30-17-15-29(16-18-30)23-24-37/h15-24,27-28H,3-14,25-26H2,1-2H3/b24-23+. The van der Waals surface area contributed by atoms with E-state index in [4.69, 9.17) is 9.47 Å². The summed E-state index contributed by atoms with van der Waals surface area (Å²) in [6.45, 7) is 5.97. The van der Waals surface area contributed by atoms with E-state index in [0.717, 1.165) is 69.8 Å². The van der Waals surface area contributed by atoms with Gasteiger partial charge in [0.1, 0.15) is 11.5 Å². The van der Waals surface area contributed by atoms with Crippen molar-refractivity contribution in [1.29, 1.82) is 0 Å². The molecule has 0 spiro atoms. The van der Waals surface area contributed by atoms with E-state index in [1.807, 2.05) is 11.1 Å². The molecule has 0 radical (unpaired) electrons. The first-order valence-corrected chi connectivity index (χ1v) is 16.9. The third-order valence-electron chi connectivity index (χ3n) is 7.23. The summed E-state index contributed by atoms with van der Waals surface area (Å²) in [5, 5.41) is 0. The van der Waals surface area contributed by atoms with E-state index in [1.54, 1.807) is 0 Å². The molecule has 2 nitrogen and oxygen atoms in total. The fourth-order valence-corrected chi connectivity index (χ4v) is 5.42. The summed E-state index contributed by atoms with van der Waals surface area (Å²) in [5.41, 5.74) is 5.59. The lowest BCUT2D eigenvalue weighted by Crippen LogP contribution is -2.03. The van der Waals surface area contributed by atoms with E-state index in [1.165, 1.54) is 64.2 Å².